The fraction of sp³-hybridized carbons (Fsp3) is 0.273. The average Bonchev–Trinajstić information content (AvgIpc) is 3.30. The Kier molecular flexibility index (Phi) is 4.71. The van der Waals surface area contributed by atoms with Gasteiger partial charge in [-0.15, -0.1) is 11.3 Å². The molecule has 0 saturated heterocycles. The lowest BCUT2D eigenvalue weighted by Crippen LogP contribution is -2.25. The van der Waals surface area contributed by atoms with Crippen molar-refractivity contribution in [3.8, 4) is 0 Å². The van der Waals surface area contributed by atoms with Gasteiger partial charge in [-0.2, -0.15) is 0 Å². The Bertz CT molecular complexity index is 1250. The molecule has 4 nitrogen and oxygen atoms in total. The van der Waals surface area contributed by atoms with Crippen LogP contribution in [0.1, 0.15) is 37.8 Å². The van der Waals surface area contributed by atoms with Crippen molar-refractivity contribution in [1.82, 2.24) is 4.98 Å². The van der Waals surface area contributed by atoms with Crippen LogP contribution in [0.15, 0.2) is 54.0 Å². The highest BCUT2D eigenvalue weighted by atomic mass is 32.2. The summed E-state index contributed by atoms with van der Waals surface area (Å²) in [5, 5.41) is 4.46. The Hall–Kier alpha value is -2.31. The molecular weight excluding hydrogens is 388 g/mol. The maximum Gasteiger partial charge on any atom is 0.229 e. The third-order valence-corrected chi connectivity index (χ3v) is 7.21. The Morgan fingerprint density at radius 2 is 1.89 bits per heavy atom. The smallest absolute Gasteiger partial charge is 0.229 e. The molecule has 28 heavy (non-hydrogen) atoms. The second kappa shape index (κ2) is 6.94. The summed E-state index contributed by atoms with van der Waals surface area (Å²) in [5.74, 6) is 0. The van der Waals surface area contributed by atoms with Crippen molar-refractivity contribution in [2.75, 3.05) is 11.0 Å². The summed E-state index contributed by atoms with van der Waals surface area (Å²) < 4.78 is 27.4. The lowest BCUT2D eigenvalue weighted by Gasteiger charge is -2.32. The largest absolute Gasteiger partial charge is 0.359 e. The maximum absolute atomic E-state index is 11.8. The molecule has 2 heterocycles. The van der Waals surface area contributed by atoms with E-state index in [0.717, 1.165) is 23.7 Å². The molecule has 2 aromatic carbocycles. The van der Waals surface area contributed by atoms with E-state index in [4.69, 9.17) is 0 Å². The molecule has 0 bridgehead atoms. The second-order valence-corrected chi connectivity index (χ2v) is 9.96. The topological polar surface area (TPSA) is 62.0 Å². The van der Waals surface area contributed by atoms with E-state index in [-0.39, 0.29) is 5.41 Å². The average molecular weight is 413 g/mol. The zero-order chi connectivity index (χ0) is 19.9. The van der Waals surface area contributed by atoms with Gasteiger partial charge in [-0.3, -0.25) is 4.72 Å². The number of aromatic nitrogens is 1. The fourth-order valence-electron chi connectivity index (χ4n) is 4.28. The summed E-state index contributed by atoms with van der Waals surface area (Å²) in [6.45, 7) is 4.44. The van der Waals surface area contributed by atoms with Gasteiger partial charge in [0.25, 0.3) is 0 Å². The first-order valence-electron chi connectivity index (χ1n) is 9.44. The molecule has 6 heteroatoms. The van der Waals surface area contributed by atoms with E-state index < -0.39 is 10.0 Å². The van der Waals surface area contributed by atoms with E-state index in [0.29, 0.717) is 5.69 Å². The Morgan fingerprint density at radius 3 is 2.61 bits per heavy atom. The van der Waals surface area contributed by atoms with Gasteiger partial charge in [0.05, 0.1) is 17.5 Å². The quantitative estimate of drug-likeness (QED) is 0.417. The van der Waals surface area contributed by atoms with Crippen LogP contribution in [-0.2, 0) is 15.4 Å². The second-order valence-electron chi connectivity index (χ2n) is 7.27. The van der Waals surface area contributed by atoms with Crippen molar-refractivity contribution in [3.63, 3.8) is 0 Å². The number of hydrogen-bond acceptors (Lipinski definition) is 3. The number of hydrogen-bond donors (Lipinski definition) is 2. The molecule has 0 aliphatic heterocycles. The Balaban J connectivity index is 1.93. The molecule has 0 saturated carbocycles. The highest BCUT2D eigenvalue weighted by Crippen LogP contribution is 2.44. The fourth-order valence-corrected chi connectivity index (χ4v) is 5.68. The molecule has 0 radical (unpaired) electrons. The van der Waals surface area contributed by atoms with Crippen molar-refractivity contribution in [2.45, 2.75) is 32.1 Å². The Morgan fingerprint density at radius 1 is 1.11 bits per heavy atom. The molecule has 0 atom stereocenters. The minimum atomic E-state index is -3.34. The number of fused-ring (bicyclic) bond motifs is 2. The first-order valence-corrected chi connectivity index (χ1v) is 12.2. The van der Waals surface area contributed by atoms with Gasteiger partial charge in [0.1, 0.15) is 0 Å². The van der Waals surface area contributed by atoms with E-state index in [9.17, 15) is 8.42 Å². The normalized spacial score (nSPS) is 12.7. The third-order valence-electron chi connectivity index (χ3n) is 5.74. The molecule has 146 valence electrons. The first kappa shape index (κ1) is 19.0. The summed E-state index contributed by atoms with van der Waals surface area (Å²) >= 11 is 1.76. The van der Waals surface area contributed by atoms with Gasteiger partial charge in [0.2, 0.25) is 10.0 Å². The molecule has 0 aliphatic rings. The monoisotopic (exact) mass is 412 g/mol. The molecule has 2 N–H and O–H groups in total. The minimum Gasteiger partial charge on any atom is -0.359 e. The summed E-state index contributed by atoms with van der Waals surface area (Å²) in [4.78, 5) is 3.33. The van der Waals surface area contributed by atoms with Crippen molar-refractivity contribution in [2.24, 2.45) is 0 Å². The maximum atomic E-state index is 11.8. The Labute approximate surface area is 169 Å². The third kappa shape index (κ3) is 3.10. The van der Waals surface area contributed by atoms with Crippen LogP contribution >= 0.6 is 11.3 Å². The van der Waals surface area contributed by atoms with E-state index in [2.05, 4.69) is 59.3 Å². The van der Waals surface area contributed by atoms with Crippen molar-refractivity contribution in [3.05, 3.63) is 65.2 Å². The number of thiophene rings is 1. The molecule has 4 rings (SSSR count). The van der Waals surface area contributed by atoms with Crippen LogP contribution in [0, 0.1) is 0 Å². The molecule has 0 aliphatic carbocycles. The molecule has 0 spiro atoms. The predicted molar refractivity (Wildman–Crippen MR) is 120 cm³/mol. The number of H-pyrrole nitrogens is 1. The van der Waals surface area contributed by atoms with Gasteiger partial charge in [0.15, 0.2) is 0 Å². The van der Waals surface area contributed by atoms with E-state index in [1.54, 1.807) is 17.4 Å². The minimum absolute atomic E-state index is 0.139. The van der Waals surface area contributed by atoms with Crippen LogP contribution in [0.3, 0.4) is 0 Å². The zero-order valence-corrected chi connectivity index (χ0v) is 17.9. The van der Waals surface area contributed by atoms with Crippen LogP contribution in [0.2, 0.25) is 0 Å². The van der Waals surface area contributed by atoms with Gasteiger partial charge < -0.3 is 4.98 Å². The van der Waals surface area contributed by atoms with Crippen molar-refractivity contribution < 1.29 is 8.42 Å². The molecule has 4 aromatic rings. The van der Waals surface area contributed by atoms with Crippen LogP contribution in [-0.4, -0.2) is 19.7 Å². The lowest BCUT2D eigenvalue weighted by molar-refractivity contribution is 0.482. The van der Waals surface area contributed by atoms with E-state index in [1.807, 2.05) is 12.3 Å². The highest BCUT2D eigenvalue weighted by Gasteiger charge is 2.33. The van der Waals surface area contributed by atoms with Gasteiger partial charge in [0, 0.05) is 21.7 Å². The summed E-state index contributed by atoms with van der Waals surface area (Å²) in [5.41, 5.74) is 3.78. The lowest BCUT2D eigenvalue weighted by atomic mass is 9.70. The van der Waals surface area contributed by atoms with Gasteiger partial charge in [-0.25, -0.2) is 8.42 Å². The number of sulfonamides is 1. The van der Waals surface area contributed by atoms with E-state index >= 15 is 0 Å². The van der Waals surface area contributed by atoms with Crippen LogP contribution in [0.4, 0.5) is 5.69 Å². The van der Waals surface area contributed by atoms with Crippen molar-refractivity contribution >= 4 is 48.0 Å². The number of para-hydroxylation sites is 1. The molecule has 2 aromatic heterocycles. The number of rotatable bonds is 6. The van der Waals surface area contributed by atoms with E-state index in [1.165, 1.54) is 27.5 Å². The standard InChI is InChI=1S/C22H24N2O2S2/c1-4-22(5-2,16-10-9-15-11-12-27-20(15)13-16)18-14-23-21-17(18)7-6-8-19(21)24-28(3,25)26/h6-14,23-24H,4-5H2,1-3H3. The summed E-state index contributed by atoms with van der Waals surface area (Å²) in [7, 11) is -3.34. The van der Waals surface area contributed by atoms with Gasteiger partial charge in [-0.1, -0.05) is 38.1 Å². The number of nitrogens with one attached hydrogen (secondary N) is 2. The number of benzene rings is 2. The van der Waals surface area contributed by atoms with Crippen LogP contribution in [0.5, 0.6) is 0 Å². The SMILES string of the molecule is CCC(CC)(c1ccc2ccsc2c1)c1c[nH]c2c(NS(C)(=O)=O)cccc12. The van der Waals surface area contributed by atoms with Gasteiger partial charge in [-0.05, 0) is 52.9 Å². The molecular formula is C22H24N2O2S2. The molecule has 0 amide bonds. The number of aromatic amines is 1. The van der Waals surface area contributed by atoms with Gasteiger partial charge >= 0.3 is 0 Å². The first-order chi connectivity index (χ1) is 13.4. The summed E-state index contributed by atoms with van der Waals surface area (Å²) in [6, 6.07) is 14.7. The van der Waals surface area contributed by atoms with Crippen LogP contribution in [0.25, 0.3) is 21.0 Å². The van der Waals surface area contributed by atoms with Crippen LogP contribution < -0.4 is 4.72 Å². The molecule has 0 unspecified atom stereocenters. The highest BCUT2D eigenvalue weighted by molar-refractivity contribution is 7.92. The van der Waals surface area contributed by atoms with Crippen molar-refractivity contribution in [1.29, 1.82) is 0 Å². The molecule has 0 fully saturated rings. The predicted octanol–water partition coefficient (Wildman–Crippen LogP) is 5.86. The number of anilines is 1. The zero-order valence-electron chi connectivity index (χ0n) is 16.2. The summed E-state index contributed by atoms with van der Waals surface area (Å²) in [6.07, 6.45) is 5.13.